The van der Waals surface area contributed by atoms with E-state index in [-0.39, 0.29) is 12.1 Å². The van der Waals surface area contributed by atoms with E-state index >= 15 is 0 Å². The van der Waals surface area contributed by atoms with Crippen LogP contribution in [-0.2, 0) is 22.4 Å². The van der Waals surface area contributed by atoms with Gasteiger partial charge in [0.2, 0.25) is 6.79 Å². The summed E-state index contributed by atoms with van der Waals surface area (Å²) in [6.45, 7) is 8.87. The third-order valence-corrected chi connectivity index (χ3v) is 7.74. The Morgan fingerprint density at radius 1 is 0.875 bits per heavy atom. The topological polar surface area (TPSA) is 55.4 Å². The van der Waals surface area contributed by atoms with Crippen molar-refractivity contribution in [1.29, 1.82) is 0 Å². The Bertz CT molecular complexity index is 1210. The number of ether oxygens (including phenoxy) is 4. The normalized spacial score (nSPS) is 17.4. The standard InChI is InChI=1S/C33H41N3O4/c1-26(29-11-13-30(37-2)14-12-29)34-23-28-9-6-10-31(21-28)39-20-19-35-15-17-36(18-16-35)32(33-24-38-25-40-33)22-27-7-4-3-5-8-27/h3-14,21,24,26,32,34H,15-20,22-23,25H2,1-2H3. The highest BCUT2D eigenvalue weighted by Crippen LogP contribution is 2.23. The van der Waals surface area contributed by atoms with E-state index in [0.717, 1.165) is 62.9 Å². The second kappa shape index (κ2) is 14.2. The molecule has 7 nitrogen and oxygen atoms in total. The van der Waals surface area contributed by atoms with Gasteiger partial charge in [0, 0.05) is 45.3 Å². The van der Waals surface area contributed by atoms with Crippen molar-refractivity contribution in [1.82, 2.24) is 15.1 Å². The Hall–Kier alpha value is -3.52. The number of hydrogen-bond acceptors (Lipinski definition) is 7. The molecule has 2 unspecified atom stereocenters. The number of rotatable bonds is 13. The Labute approximate surface area is 238 Å². The zero-order valence-electron chi connectivity index (χ0n) is 23.6. The summed E-state index contributed by atoms with van der Waals surface area (Å²) in [5, 5.41) is 3.61. The van der Waals surface area contributed by atoms with Gasteiger partial charge in [0.25, 0.3) is 0 Å². The molecule has 2 atom stereocenters. The van der Waals surface area contributed by atoms with E-state index in [4.69, 9.17) is 18.9 Å². The maximum atomic E-state index is 6.16. The number of piperazine rings is 1. The summed E-state index contributed by atoms with van der Waals surface area (Å²) >= 11 is 0. The van der Waals surface area contributed by atoms with E-state index in [9.17, 15) is 0 Å². The first-order chi connectivity index (χ1) is 19.7. The molecule has 3 aromatic carbocycles. The molecule has 0 radical (unpaired) electrons. The Kier molecular flexibility index (Phi) is 9.96. The highest BCUT2D eigenvalue weighted by molar-refractivity contribution is 5.30. The van der Waals surface area contributed by atoms with Crippen molar-refractivity contribution in [3.63, 3.8) is 0 Å². The first-order valence-electron chi connectivity index (χ1n) is 14.2. The van der Waals surface area contributed by atoms with E-state index < -0.39 is 0 Å². The average Bonchev–Trinajstić information content (AvgIpc) is 3.55. The summed E-state index contributed by atoms with van der Waals surface area (Å²) in [7, 11) is 1.69. The molecule has 1 N–H and O–H groups in total. The molecule has 0 aromatic heterocycles. The minimum absolute atomic E-state index is 0.201. The lowest BCUT2D eigenvalue weighted by molar-refractivity contribution is 0.0434. The summed E-state index contributed by atoms with van der Waals surface area (Å²) in [4.78, 5) is 5.01. The van der Waals surface area contributed by atoms with Gasteiger partial charge < -0.3 is 24.3 Å². The SMILES string of the molecule is COc1ccc(C(C)NCc2cccc(OCCN3CCN(C(Cc4ccccc4)C4=COCO4)CC3)c2)cc1. The highest BCUT2D eigenvalue weighted by Gasteiger charge is 2.29. The van der Waals surface area contributed by atoms with Crippen molar-refractivity contribution >= 4 is 0 Å². The first kappa shape index (κ1) is 28.0. The van der Waals surface area contributed by atoms with Crippen LogP contribution in [0.3, 0.4) is 0 Å². The van der Waals surface area contributed by atoms with Crippen molar-refractivity contribution < 1.29 is 18.9 Å². The zero-order valence-corrected chi connectivity index (χ0v) is 23.6. The maximum Gasteiger partial charge on any atom is 0.229 e. The lowest BCUT2D eigenvalue weighted by Crippen LogP contribution is -2.52. The monoisotopic (exact) mass is 543 g/mol. The molecule has 0 amide bonds. The van der Waals surface area contributed by atoms with Crippen molar-refractivity contribution in [3.05, 3.63) is 108 Å². The maximum absolute atomic E-state index is 6.16. The molecule has 2 aliphatic rings. The summed E-state index contributed by atoms with van der Waals surface area (Å²) in [5.41, 5.74) is 3.76. The fraction of sp³-hybridized carbons (Fsp3) is 0.394. The molecule has 0 spiro atoms. The Balaban J connectivity index is 1.05. The predicted molar refractivity (Wildman–Crippen MR) is 157 cm³/mol. The van der Waals surface area contributed by atoms with E-state index in [1.54, 1.807) is 13.4 Å². The van der Waals surface area contributed by atoms with Crippen LogP contribution in [0.15, 0.2) is 90.9 Å². The fourth-order valence-electron chi connectivity index (χ4n) is 5.29. The van der Waals surface area contributed by atoms with Crippen molar-refractivity contribution in [2.45, 2.75) is 32.0 Å². The molecule has 2 aliphatic heterocycles. The molecule has 3 aromatic rings. The van der Waals surface area contributed by atoms with Crippen LogP contribution in [0.5, 0.6) is 11.5 Å². The molecule has 40 heavy (non-hydrogen) atoms. The molecule has 0 saturated carbocycles. The summed E-state index contributed by atoms with van der Waals surface area (Å²) in [6.07, 6.45) is 2.71. The van der Waals surface area contributed by atoms with Gasteiger partial charge in [-0.15, -0.1) is 0 Å². The smallest absolute Gasteiger partial charge is 0.229 e. The van der Waals surface area contributed by atoms with Gasteiger partial charge in [-0.3, -0.25) is 9.80 Å². The predicted octanol–water partition coefficient (Wildman–Crippen LogP) is 5.00. The Morgan fingerprint density at radius 2 is 1.65 bits per heavy atom. The largest absolute Gasteiger partial charge is 0.497 e. The lowest BCUT2D eigenvalue weighted by Gasteiger charge is -2.39. The van der Waals surface area contributed by atoms with Crippen molar-refractivity contribution in [2.75, 3.05) is 53.2 Å². The van der Waals surface area contributed by atoms with Crippen LogP contribution in [0.25, 0.3) is 0 Å². The van der Waals surface area contributed by atoms with Gasteiger partial charge in [-0.05, 0) is 54.3 Å². The molecule has 0 bridgehead atoms. The minimum Gasteiger partial charge on any atom is -0.497 e. The fourth-order valence-corrected chi connectivity index (χ4v) is 5.29. The van der Waals surface area contributed by atoms with Crippen molar-refractivity contribution in [3.8, 4) is 11.5 Å². The first-order valence-corrected chi connectivity index (χ1v) is 14.2. The molecule has 5 rings (SSSR count). The van der Waals surface area contributed by atoms with Crippen molar-refractivity contribution in [2.24, 2.45) is 0 Å². The molecule has 1 fully saturated rings. The number of benzene rings is 3. The molecular formula is C33H41N3O4. The van der Waals surface area contributed by atoms with Gasteiger partial charge in [0.1, 0.15) is 24.4 Å². The highest BCUT2D eigenvalue weighted by atomic mass is 16.7. The van der Waals surface area contributed by atoms with E-state index in [1.165, 1.54) is 16.7 Å². The van der Waals surface area contributed by atoms with Crippen LogP contribution in [0.2, 0.25) is 0 Å². The van der Waals surface area contributed by atoms with Gasteiger partial charge >= 0.3 is 0 Å². The quantitative estimate of drug-likeness (QED) is 0.326. The van der Waals surface area contributed by atoms with E-state index in [2.05, 4.69) is 82.7 Å². The molecule has 212 valence electrons. The number of hydrogen-bond donors (Lipinski definition) is 1. The minimum atomic E-state index is 0.201. The second-order valence-electron chi connectivity index (χ2n) is 10.4. The molecular weight excluding hydrogens is 502 g/mol. The van der Waals surface area contributed by atoms with Gasteiger partial charge in [0.15, 0.2) is 5.76 Å². The van der Waals surface area contributed by atoms with Gasteiger partial charge in [-0.25, -0.2) is 0 Å². The van der Waals surface area contributed by atoms with Crippen LogP contribution in [-0.4, -0.2) is 69.1 Å². The van der Waals surface area contributed by atoms with Crippen LogP contribution in [0.4, 0.5) is 0 Å². The molecule has 0 aliphatic carbocycles. The van der Waals surface area contributed by atoms with Gasteiger partial charge in [-0.2, -0.15) is 0 Å². The van der Waals surface area contributed by atoms with Crippen LogP contribution >= 0.6 is 0 Å². The third-order valence-electron chi connectivity index (χ3n) is 7.74. The summed E-state index contributed by atoms with van der Waals surface area (Å²) in [5.74, 6) is 2.73. The lowest BCUT2D eigenvalue weighted by atomic mass is 10.0. The Morgan fingerprint density at radius 3 is 2.38 bits per heavy atom. The van der Waals surface area contributed by atoms with E-state index in [0.29, 0.717) is 13.4 Å². The number of nitrogens with one attached hydrogen (secondary N) is 1. The molecule has 2 heterocycles. The molecule has 1 saturated heterocycles. The third kappa shape index (κ3) is 7.78. The van der Waals surface area contributed by atoms with Crippen LogP contribution in [0, 0.1) is 0 Å². The summed E-state index contributed by atoms with van der Waals surface area (Å²) < 4.78 is 22.6. The summed E-state index contributed by atoms with van der Waals surface area (Å²) in [6, 6.07) is 27.7. The molecule has 7 heteroatoms. The average molecular weight is 544 g/mol. The van der Waals surface area contributed by atoms with E-state index in [1.807, 2.05) is 18.2 Å². The zero-order chi connectivity index (χ0) is 27.6. The second-order valence-corrected chi connectivity index (χ2v) is 10.4. The van der Waals surface area contributed by atoms with Crippen LogP contribution < -0.4 is 14.8 Å². The number of methoxy groups -OCH3 is 1. The van der Waals surface area contributed by atoms with Gasteiger partial charge in [0.05, 0.1) is 13.2 Å². The van der Waals surface area contributed by atoms with Gasteiger partial charge in [-0.1, -0.05) is 54.6 Å². The number of nitrogens with zero attached hydrogens (tertiary/aromatic N) is 2. The van der Waals surface area contributed by atoms with Crippen LogP contribution in [0.1, 0.15) is 29.7 Å².